The normalized spacial score (nSPS) is 10.3. The van der Waals surface area contributed by atoms with E-state index in [0.717, 1.165) is 6.42 Å². The van der Waals surface area contributed by atoms with Gasteiger partial charge in [0.05, 0.1) is 22.3 Å². The molecule has 1 heterocycles. The van der Waals surface area contributed by atoms with Crippen LogP contribution in [0, 0.1) is 0 Å². The van der Waals surface area contributed by atoms with E-state index in [4.69, 9.17) is 23.2 Å². The molecule has 0 aliphatic heterocycles. The Morgan fingerprint density at radius 1 is 1.20 bits per heavy atom. The Kier molecular flexibility index (Phi) is 5.71. The van der Waals surface area contributed by atoms with E-state index in [1.807, 2.05) is 11.4 Å². The lowest BCUT2D eigenvalue weighted by Crippen LogP contribution is -2.31. The van der Waals surface area contributed by atoms with Crippen LogP contribution in [0.3, 0.4) is 0 Å². The van der Waals surface area contributed by atoms with Crippen molar-refractivity contribution < 1.29 is 4.79 Å². The molecule has 2 aromatic rings. The molecule has 106 valence electrons. The molecule has 0 bridgehead atoms. The first-order valence-corrected chi connectivity index (χ1v) is 7.77. The monoisotopic (exact) mass is 328 g/mol. The lowest BCUT2D eigenvalue weighted by Gasteiger charge is -2.09. The summed E-state index contributed by atoms with van der Waals surface area (Å²) in [6.45, 7) is 0.800. The van der Waals surface area contributed by atoms with Crippen molar-refractivity contribution in [2.24, 2.45) is 0 Å². The molecule has 0 unspecified atom stereocenters. The molecule has 1 aromatic carbocycles. The first kappa shape index (κ1) is 15.2. The van der Waals surface area contributed by atoms with Gasteiger partial charge in [0.2, 0.25) is 5.91 Å². The second-order valence-electron chi connectivity index (χ2n) is 4.13. The fourth-order valence-electron chi connectivity index (χ4n) is 1.66. The standard InChI is InChI=1S/C14H14Cl2N2OS/c15-11-4-1-5-12(14(11)16)18-9-13(19)17-7-6-10-3-2-8-20-10/h1-5,8,18H,6-7,9H2,(H,17,19). The number of nitrogens with one attached hydrogen (secondary N) is 2. The minimum atomic E-state index is -0.0717. The number of carbonyl (C=O) groups is 1. The quantitative estimate of drug-likeness (QED) is 0.846. The van der Waals surface area contributed by atoms with Crippen LogP contribution in [0.5, 0.6) is 0 Å². The summed E-state index contributed by atoms with van der Waals surface area (Å²) in [4.78, 5) is 13.0. The Balaban J connectivity index is 1.73. The van der Waals surface area contributed by atoms with Gasteiger partial charge in [-0.05, 0) is 30.0 Å². The predicted molar refractivity (Wildman–Crippen MR) is 86.0 cm³/mol. The molecule has 0 spiro atoms. The van der Waals surface area contributed by atoms with E-state index in [9.17, 15) is 4.79 Å². The van der Waals surface area contributed by atoms with Crippen molar-refractivity contribution >= 4 is 46.1 Å². The Morgan fingerprint density at radius 2 is 2.05 bits per heavy atom. The Morgan fingerprint density at radius 3 is 2.80 bits per heavy atom. The van der Waals surface area contributed by atoms with Crippen molar-refractivity contribution in [3.05, 3.63) is 50.6 Å². The minimum Gasteiger partial charge on any atom is -0.375 e. The van der Waals surface area contributed by atoms with Gasteiger partial charge in [-0.2, -0.15) is 0 Å². The molecule has 0 aliphatic rings. The van der Waals surface area contributed by atoms with Crippen molar-refractivity contribution in [2.75, 3.05) is 18.4 Å². The fraction of sp³-hybridized carbons (Fsp3) is 0.214. The molecular weight excluding hydrogens is 315 g/mol. The van der Waals surface area contributed by atoms with Gasteiger partial charge >= 0.3 is 0 Å². The second-order valence-corrected chi connectivity index (χ2v) is 5.95. The molecule has 0 fully saturated rings. The Labute approximate surface area is 131 Å². The zero-order valence-electron chi connectivity index (χ0n) is 10.7. The first-order valence-electron chi connectivity index (χ1n) is 6.14. The third-order valence-corrected chi connectivity index (χ3v) is 4.42. The fourth-order valence-corrected chi connectivity index (χ4v) is 2.73. The Hall–Kier alpha value is -1.23. The Bertz CT molecular complexity index is 573. The highest BCUT2D eigenvalue weighted by atomic mass is 35.5. The summed E-state index contributed by atoms with van der Waals surface area (Å²) in [7, 11) is 0. The molecule has 0 saturated heterocycles. The molecule has 0 radical (unpaired) electrons. The summed E-state index contributed by atoms with van der Waals surface area (Å²) in [5.74, 6) is -0.0717. The van der Waals surface area contributed by atoms with Crippen LogP contribution in [-0.4, -0.2) is 19.0 Å². The summed E-state index contributed by atoms with van der Waals surface area (Å²) < 4.78 is 0. The zero-order valence-corrected chi connectivity index (χ0v) is 13.0. The number of anilines is 1. The van der Waals surface area contributed by atoms with Crippen LogP contribution in [0.1, 0.15) is 4.88 Å². The maximum atomic E-state index is 11.7. The number of hydrogen-bond acceptors (Lipinski definition) is 3. The van der Waals surface area contributed by atoms with Crippen LogP contribution in [0.2, 0.25) is 10.0 Å². The van der Waals surface area contributed by atoms with Crippen LogP contribution in [0.25, 0.3) is 0 Å². The largest absolute Gasteiger partial charge is 0.375 e. The molecule has 1 aromatic heterocycles. The van der Waals surface area contributed by atoms with Crippen molar-refractivity contribution in [1.82, 2.24) is 5.32 Å². The van der Waals surface area contributed by atoms with E-state index in [2.05, 4.69) is 16.7 Å². The third-order valence-electron chi connectivity index (χ3n) is 2.66. The number of amides is 1. The van der Waals surface area contributed by atoms with E-state index in [-0.39, 0.29) is 12.5 Å². The maximum Gasteiger partial charge on any atom is 0.239 e. The molecule has 2 rings (SSSR count). The summed E-state index contributed by atoms with van der Waals surface area (Å²) in [6, 6.07) is 9.33. The molecule has 2 N–H and O–H groups in total. The number of benzene rings is 1. The van der Waals surface area contributed by atoms with E-state index < -0.39 is 0 Å². The van der Waals surface area contributed by atoms with Gasteiger partial charge < -0.3 is 10.6 Å². The van der Waals surface area contributed by atoms with Crippen LogP contribution >= 0.6 is 34.5 Å². The lowest BCUT2D eigenvalue weighted by atomic mass is 10.3. The zero-order chi connectivity index (χ0) is 14.4. The van der Waals surface area contributed by atoms with Crippen LogP contribution in [0.15, 0.2) is 35.7 Å². The highest BCUT2D eigenvalue weighted by molar-refractivity contribution is 7.09. The van der Waals surface area contributed by atoms with Gasteiger partial charge in [-0.1, -0.05) is 35.3 Å². The highest BCUT2D eigenvalue weighted by Gasteiger charge is 2.06. The van der Waals surface area contributed by atoms with Crippen molar-refractivity contribution in [3.8, 4) is 0 Å². The lowest BCUT2D eigenvalue weighted by molar-refractivity contribution is -0.119. The van der Waals surface area contributed by atoms with E-state index in [0.29, 0.717) is 22.3 Å². The van der Waals surface area contributed by atoms with Gasteiger partial charge in [-0.15, -0.1) is 11.3 Å². The molecule has 0 atom stereocenters. The minimum absolute atomic E-state index is 0.0717. The van der Waals surface area contributed by atoms with Gasteiger partial charge in [0.25, 0.3) is 0 Å². The average Bonchev–Trinajstić information content (AvgIpc) is 2.94. The number of halogens is 2. The smallest absolute Gasteiger partial charge is 0.239 e. The SMILES string of the molecule is O=C(CNc1cccc(Cl)c1Cl)NCCc1cccs1. The van der Waals surface area contributed by atoms with Crippen molar-refractivity contribution in [3.63, 3.8) is 0 Å². The van der Waals surface area contributed by atoms with Crippen molar-refractivity contribution in [2.45, 2.75) is 6.42 Å². The average molecular weight is 329 g/mol. The predicted octanol–water partition coefficient (Wildman–Crippen LogP) is 3.83. The summed E-state index contributed by atoms with van der Waals surface area (Å²) in [5, 5.41) is 8.75. The van der Waals surface area contributed by atoms with Gasteiger partial charge in [-0.3, -0.25) is 4.79 Å². The van der Waals surface area contributed by atoms with Gasteiger partial charge in [0.15, 0.2) is 0 Å². The molecule has 1 amide bonds. The topological polar surface area (TPSA) is 41.1 Å². The molecule has 20 heavy (non-hydrogen) atoms. The van der Waals surface area contributed by atoms with Crippen LogP contribution < -0.4 is 10.6 Å². The molecule has 0 aliphatic carbocycles. The molecule has 3 nitrogen and oxygen atoms in total. The van der Waals surface area contributed by atoms with Gasteiger partial charge in [-0.25, -0.2) is 0 Å². The first-order chi connectivity index (χ1) is 9.66. The third kappa shape index (κ3) is 4.40. The number of thiophene rings is 1. The van der Waals surface area contributed by atoms with E-state index >= 15 is 0 Å². The van der Waals surface area contributed by atoms with Crippen LogP contribution in [0.4, 0.5) is 5.69 Å². The second kappa shape index (κ2) is 7.53. The van der Waals surface area contributed by atoms with Gasteiger partial charge in [0, 0.05) is 11.4 Å². The molecular formula is C14H14Cl2N2OS. The molecule has 6 heteroatoms. The summed E-state index contributed by atoms with van der Waals surface area (Å²) >= 11 is 13.6. The van der Waals surface area contributed by atoms with E-state index in [1.165, 1.54) is 4.88 Å². The van der Waals surface area contributed by atoms with Crippen molar-refractivity contribution in [1.29, 1.82) is 0 Å². The highest BCUT2D eigenvalue weighted by Crippen LogP contribution is 2.29. The number of carbonyl (C=O) groups excluding carboxylic acids is 1. The summed E-state index contributed by atoms with van der Waals surface area (Å²) in [5.41, 5.74) is 0.660. The maximum absolute atomic E-state index is 11.7. The number of hydrogen-bond donors (Lipinski definition) is 2. The van der Waals surface area contributed by atoms with E-state index in [1.54, 1.807) is 29.5 Å². The summed E-state index contributed by atoms with van der Waals surface area (Å²) in [6.07, 6.45) is 0.849. The molecule has 0 saturated carbocycles. The van der Waals surface area contributed by atoms with Gasteiger partial charge in [0.1, 0.15) is 0 Å². The number of rotatable bonds is 6. The van der Waals surface area contributed by atoms with Crippen LogP contribution in [-0.2, 0) is 11.2 Å².